The van der Waals surface area contributed by atoms with Crippen LogP contribution in [0.5, 0.6) is 0 Å². The molecule has 4 rings (SSSR count). The van der Waals surface area contributed by atoms with E-state index in [1.165, 1.54) is 44.3 Å². The van der Waals surface area contributed by atoms with Crippen LogP contribution >= 0.6 is 0 Å². The van der Waals surface area contributed by atoms with E-state index in [1.54, 1.807) is 11.1 Å². The molecule has 0 radical (unpaired) electrons. The second-order valence-electron chi connectivity index (χ2n) is 6.71. The SMILES string of the molecule is CN1CCCC1C[C@@H]1CNc2ccc(C3CC3)cc21. The van der Waals surface area contributed by atoms with Crippen LogP contribution in [0.4, 0.5) is 5.69 Å². The fourth-order valence-electron chi connectivity index (χ4n) is 3.91. The largest absolute Gasteiger partial charge is 0.384 e. The number of anilines is 1. The van der Waals surface area contributed by atoms with Crippen molar-refractivity contribution in [2.75, 3.05) is 25.5 Å². The van der Waals surface area contributed by atoms with Crippen LogP contribution in [0.2, 0.25) is 0 Å². The van der Waals surface area contributed by atoms with Crippen LogP contribution < -0.4 is 5.32 Å². The van der Waals surface area contributed by atoms with E-state index in [0.717, 1.165) is 24.4 Å². The quantitative estimate of drug-likeness (QED) is 0.889. The van der Waals surface area contributed by atoms with Gasteiger partial charge in [0.15, 0.2) is 0 Å². The van der Waals surface area contributed by atoms with E-state index in [2.05, 4.69) is 35.5 Å². The number of likely N-dealkylation sites (tertiary alicyclic amines) is 1. The second kappa shape index (κ2) is 4.52. The van der Waals surface area contributed by atoms with Crippen molar-refractivity contribution in [1.82, 2.24) is 4.90 Å². The molecule has 1 saturated carbocycles. The molecule has 0 bridgehead atoms. The standard InChI is InChI=1S/C17H24N2/c1-19-8-2-3-15(19)9-14-11-18-17-7-6-13(10-16(14)17)12-4-5-12/h6-7,10,12,14-15,18H,2-5,8-9,11H2,1H3/t14-,15?/m1/s1. The van der Waals surface area contributed by atoms with Crippen LogP contribution in [0.25, 0.3) is 0 Å². The molecule has 1 saturated heterocycles. The minimum absolute atomic E-state index is 0.735. The zero-order valence-electron chi connectivity index (χ0n) is 11.9. The smallest absolute Gasteiger partial charge is 0.0376 e. The van der Waals surface area contributed by atoms with Crippen molar-refractivity contribution >= 4 is 5.69 Å². The normalized spacial score (nSPS) is 30.4. The summed E-state index contributed by atoms with van der Waals surface area (Å²) in [7, 11) is 2.29. The van der Waals surface area contributed by atoms with Crippen LogP contribution in [0.1, 0.15) is 55.1 Å². The molecule has 1 unspecified atom stereocenters. The molecule has 2 aliphatic heterocycles. The zero-order chi connectivity index (χ0) is 12.8. The van der Waals surface area contributed by atoms with Gasteiger partial charge in [-0.25, -0.2) is 0 Å². The molecule has 0 aromatic heterocycles. The minimum Gasteiger partial charge on any atom is -0.384 e. The van der Waals surface area contributed by atoms with E-state index in [1.807, 2.05) is 0 Å². The predicted molar refractivity (Wildman–Crippen MR) is 79.9 cm³/mol. The maximum absolute atomic E-state index is 3.61. The van der Waals surface area contributed by atoms with Crippen molar-refractivity contribution < 1.29 is 0 Å². The Morgan fingerprint density at radius 3 is 2.89 bits per heavy atom. The Balaban J connectivity index is 1.55. The number of fused-ring (bicyclic) bond motifs is 1. The van der Waals surface area contributed by atoms with Gasteiger partial charge in [-0.3, -0.25) is 0 Å². The highest BCUT2D eigenvalue weighted by molar-refractivity contribution is 5.59. The molecule has 1 N–H and O–H groups in total. The van der Waals surface area contributed by atoms with Gasteiger partial charge >= 0.3 is 0 Å². The van der Waals surface area contributed by atoms with Gasteiger partial charge in [-0.2, -0.15) is 0 Å². The topological polar surface area (TPSA) is 15.3 Å². The summed E-state index contributed by atoms with van der Waals surface area (Å²) in [5.41, 5.74) is 4.59. The first-order chi connectivity index (χ1) is 9.31. The maximum atomic E-state index is 3.61. The summed E-state index contributed by atoms with van der Waals surface area (Å²) < 4.78 is 0. The Bertz CT molecular complexity index is 478. The lowest BCUT2D eigenvalue weighted by Crippen LogP contribution is -2.27. The molecule has 2 fully saturated rings. The van der Waals surface area contributed by atoms with Gasteiger partial charge in [0.1, 0.15) is 0 Å². The molecule has 0 spiro atoms. The summed E-state index contributed by atoms with van der Waals surface area (Å²) in [6.45, 7) is 2.44. The molecular weight excluding hydrogens is 232 g/mol. The molecule has 19 heavy (non-hydrogen) atoms. The molecule has 3 aliphatic rings. The average Bonchev–Trinajstić information content (AvgIpc) is 3.09. The number of hydrogen-bond donors (Lipinski definition) is 1. The first-order valence-corrected chi connectivity index (χ1v) is 7.89. The lowest BCUT2D eigenvalue weighted by molar-refractivity contribution is 0.285. The Kier molecular flexibility index (Phi) is 2.80. The molecule has 1 aromatic carbocycles. The van der Waals surface area contributed by atoms with Crippen molar-refractivity contribution in [3.8, 4) is 0 Å². The van der Waals surface area contributed by atoms with Gasteiger partial charge in [-0.05, 0) is 68.8 Å². The van der Waals surface area contributed by atoms with Crippen molar-refractivity contribution in [2.24, 2.45) is 0 Å². The van der Waals surface area contributed by atoms with Gasteiger partial charge in [0.05, 0.1) is 0 Å². The van der Waals surface area contributed by atoms with Gasteiger partial charge in [0.25, 0.3) is 0 Å². The zero-order valence-corrected chi connectivity index (χ0v) is 11.9. The third kappa shape index (κ3) is 2.16. The number of nitrogens with one attached hydrogen (secondary N) is 1. The van der Waals surface area contributed by atoms with Crippen LogP contribution in [0.3, 0.4) is 0 Å². The summed E-state index contributed by atoms with van der Waals surface area (Å²) in [4.78, 5) is 2.56. The molecule has 102 valence electrons. The highest BCUT2D eigenvalue weighted by atomic mass is 15.1. The van der Waals surface area contributed by atoms with Gasteiger partial charge in [0, 0.05) is 24.2 Å². The molecule has 2 heteroatoms. The van der Waals surface area contributed by atoms with Gasteiger partial charge in [0.2, 0.25) is 0 Å². The van der Waals surface area contributed by atoms with Crippen molar-refractivity contribution in [3.05, 3.63) is 29.3 Å². The van der Waals surface area contributed by atoms with Gasteiger partial charge < -0.3 is 10.2 Å². The first-order valence-electron chi connectivity index (χ1n) is 7.89. The lowest BCUT2D eigenvalue weighted by Gasteiger charge is -2.23. The lowest BCUT2D eigenvalue weighted by atomic mass is 9.91. The van der Waals surface area contributed by atoms with E-state index >= 15 is 0 Å². The Morgan fingerprint density at radius 2 is 2.16 bits per heavy atom. The van der Waals surface area contributed by atoms with Crippen LogP contribution in [0, 0.1) is 0 Å². The van der Waals surface area contributed by atoms with E-state index < -0.39 is 0 Å². The molecular formula is C17H24N2. The molecule has 2 heterocycles. The number of rotatable bonds is 3. The molecule has 2 nitrogen and oxygen atoms in total. The molecule has 2 atom stereocenters. The van der Waals surface area contributed by atoms with Gasteiger partial charge in [-0.1, -0.05) is 12.1 Å². The van der Waals surface area contributed by atoms with Crippen LogP contribution in [-0.4, -0.2) is 31.1 Å². The number of benzene rings is 1. The summed E-state index contributed by atoms with van der Waals surface area (Å²) >= 11 is 0. The van der Waals surface area contributed by atoms with Crippen molar-refractivity contribution in [2.45, 2.75) is 50.0 Å². The van der Waals surface area contributed by atoms with Crippen molar-refractivity contribution in [1.29, 1.82) is 0 Å². The predicted octanol–water partition coefficient (Wildman–Crippen LogP) is 3.56. The van der Waals surface area contributed by atoms with E-state index in [0.29, 0.717) is 0 Å². The maximum Gasteiger partial charge on any atom is 0.0376 e. The fourth-order valence-corrected chi connectivity index (χ4v) is 3.91. The fraction of sp³-hybridized carbons (Fsp3) is 0.647. The monoisotopic (exact) mass is 256 g/mol. The highest BCUT2D eigenvalue weighted by Crippen LogP contribution is 2.44. The van der Waals surface area contributed by atoms with Crippen LogP contribution in [0.15, 0.2) is 18.2 Å². The second-order valence-corrected chi connectivity index (χ2v) is 6.71. The summed E-state index contributed by atoms with van der Waals surface area (Å²) in [6, 6.07) is 7.98. The summed E-state index contributed by atoms with van der Waals surface area (Å²) in [5, 5.41) is 3.61. The van der Waals surface area contributed by atoms with E-state index in [4.69, 9.17) is 0 Å². The molecule has 1 aromatic rings. The highest BCUT2D eigenvalue weighted by Gasteiger charge is 2.31. The number of nitrogens with zero attached hydrogens (tertiary/aromatic N) is 1. The summed E-state index contributed by atoms with van der Waals surface area (Å²) in [5.74, 6) is 1.61. The summed E-state index contributed by atoms with van der Waals surface area (Å²) in [6.07, 6.45) is 6.93. The first kappa shape index (κ1) is 11.8. The van der Waals surface area contributed by atoms with E-state index in [-0.39, 0.29) is 0 Å². The van der Waals surface area contributed by atoms with Gasteiger partial charge in [-0.15, -0.1) is 0 Å². The van der Waals surface area contributed by atoms with Crippen LogP contribution in [-0.2, 0) is 0 Å². The Labute approximate surface area is 116 Å². The minimum atomic E-state index is 0.735. The number of hydrogen-bond acceptors (Lipinski definition) is 2. The molecule has 1 aliphatic carbocycles. The van der Waals surface area contributed by atoms with E-state index in [9.17, 15) is 0 Å². The Morgan fingerprint density at radius 1 is 1.26 bits per heavy atom. The Hall–Kier alpha value is -1.02. The average molecular weight is 256 g/mol. The van der Waals surface area contributed by atoms with Crippen molar-refractivity contribution in [3.63, 3.8) is 0 Å². The third-order valence-corrected chi connectivity index (χ3v) is 5.33. The molecule has 0 amide bonds. The third-order valence-electron chi connectivity index (χ3n) is 5.33.